The van der Waals surface area contributed by atoms with Crippen molar-refractivity contribution in [2.45, 2.75) is 17.3 Å². The number of hydrogen-bond donors (Lipinski definition) is 2. The molecule has 4 rings (SSSR count). The molecule has 2 aromatic heterocycles. The second-order valence-corrected chi connectivity index (χ2v) is 7.13. The van der Waals surface area contributed by atoms with E-state index in [9.17, 15) is 9.18 Å². The predicted molar refractivity (Wildman–Crippen MR) is 99.7 cm³/mol. The summed E-state index contributed by atoms with van der Waals surface area (Å²) in [5.41, 5.74) is 1.92. The quantitative estimate of drug-likeness (QED) is 0.404. The number of fused-ring (bicyclic) bond motifs is 1. The first kappa shape index (κ1) is 16.5. The number of aromatic amines is 2. The van der Waals surface area contributed by atoms with Crippen LogP contribution in [0.25, 0.3) is 22.3 Å². The Labute approximate surface area is 153 Å². The van der Waals surface area contributed by atoms with E-state index in [0.29, 0.717) is 22.1 Å². The predicted octanol–water partition coefficient (Wildman–Crippen LogP) is 4.46. The highest BCUT2D eigenvalue weighted by atomic mass is 32.2. The van der Waals surface area contributed by atoms with Crippen molar-refractivity contribution in [1.29, 1.82) is 0 Å². The molecule has 0 radical (unpaired) electrons. The zero-order valence-electron chi connectivity index (χ0n) is 13.9. The van der Waals surface area contributed by atoms with Gasteiger partial charge in [-0.1, -0.05) is 42.1 Å². The molecule has 130 valence electrons. The van der Waals surface area contributed by atoms with Gasteiger partial charge in [0.1, 0.15) is 5.82 Å². The van der Waals surface area contributed by atoms with Crippen LogP contribution in [0, 0.1) is 5.82 Å². The fourth-order valence-electron chi connectivity index (χ4n) is 2.78. The Balaban J connectivity index is 1.54. The van der Waals surface area contributed by atoms with E-state index in [4.69, 9.17) is 0 Å². The minimum Gasteiger partial charge on any atom is -0.360 e. The van der Waals surface area contributed by atoms with Gasteiger partial charge in [-0.3, -0.25) is 9.89 Å². The Bertz CT molecular complexity index is 1090. The maximum atomic E-state index is 13.9. The molecule has 2 aromatic carbocycles. The number of H-pyrrole nitrogens is 2. The van der Waals surface area contributed by atoms with Crippen LogP contribution < -0.4 is 0 Å². The molecule has 0 saturated heterocycles. The summed E-state index contributed by atoms with van der Waals surface area (Å²) in [4.78, 5) is 20.2. The lowest BCUT2D eigenvalue weighted by Gasteiger charge is -2.06. The molecule has 0 amide bonds. The van der Waals surface area contributed by atoms with E-state index in [1.165, 1.54) is 17.8 Å². The largest absolute Gasteiger partial charge is 0.360 e. The molecule has 2 heterocycles. The standard InChI is InChI=1S/C19H15FN4OS/c1-11(17(25)14-10-21-16-9-5-3-6-12(14)16)26-19-22-18(23-24-19)13-7-2-4-8-15(13)20/h2-11,21H,1H3,(H,22,23,24). The monoisotopic (exact) mass is 366 g/mol. The van der Waals surface area contributed by atoms with E-state index in [1.54, 1.807) is 24.4 Å². The van der Waals surface area contributed by atoms with Crippen LogP contribution in [0.1, 0.15) is 17.3 Å². The molecule has 0 saturated carbocycles. The summed E-state index contributed by atoms with van der Waals surface area (Å²) in [6, 6.07) is 14.0. The molecule has 5 nitrogen and oxygen atoms in total. The first-order valence-corrected chi connectivity index (χ1v) is 8.96. The molecular formula is C19H15FN4OS. The fourth-order valence-corrected chi connectivity index (χ4v) is 3.57. The number of carbonyl (C=O) groups is 1. The average molecular weight is 366 g/mol. The number of thioether (sulfide) groups is 1. The molecule has 0 spiro atoms. The number of carbonyl (C=O) groups excluding carboxylic acids is 1. The Morgan fingerprint density at radius 1 is 1.15 bits per heavy atom. The maximum absolute atomic E-state index is 13.9. The second kappa shape index (κ2) is 6.76. The van der Waals surface area contributed by atoms with E-state index >= 15 is 0 Å². The smallest absolute Gasteiger partial charge is 0.209 e. The van der Waals surface area contributed by atoms with Gasteiger partial charge in [-0.2, -0.15) is 0 Å². The third-order valence-electron chi connectivity index (χ3n) is 4.10. The first-order valence-electron chi connectivity index (χ1n) is 8.08. The molecule has 0 fully saturated rings. The number of benzene rings is 2. The summed E-state index contributed by atoms with van der Waals surface area (Å²) in [5.74, 6) is -0.0369. The van der Waals surface area contributed by atoms with Crippen molar-refractivity contribution in [1.82, 2.24) is 20.2 Å². The highest BCUT2D eigenvalue weighted by molar-refractivity contribution is 8.00. The molecule has 0 aliphatic carbocycles. The number of aromatic nitrogens is 4. The van der Waals surface area contributed by atoms with Crippen molar-refractivity contribution in [3.63, 3.8) is 0 Å². The maximum Gasteiger partial charge on any atom is 0.209 e. The highest BCUT2D eigenvalue weighted by Crippen LogP contribution is 2.28. The number of halogens is 1. The molecular weight excluding hydrogens is 351 g/mol. The number of ketones is 1. The number of hydrogen-bond acceptors (Lipinski definition) is 4. The lowest BCUT2D eigenvalue weighted by molar-refractivity contribution is 0.0995. The van der Waals surface area contributed by atoms with E-state index < -0.39 is 0 Å². The Morgan fingerprint density at radius 3 is 2.77 bits per heavy atom. The minimum absolute atomic E-state index is 0.00954. The molecule has 7 heteroatoms. The van der Waals surface area contributed by atoms with Crippen molar-refractivity contribution in [2.75, 3.05) is 0 Å². The topological polar surface area (TPSA) is 74.4 Å². The van der Waals surface area contributed by atoms with E-state index in [0.717, 1.165) is 10.9 Å². The molecule has 4 aromatic rings. The van der Waals surface area contributed by atoms with Crippen LogP contribution in [0.5, 0.6) is 0 Å². The Kier molecular flexibility index (Phi) is 4.30. The van der Waals surface area contributed by atoms with Gasteiger partial charge in [0, 0.05) is 22.7 Å². The number of nitrogens with one attached hydrogen (secondary N) is 2. The normalized spacial score (nSPS) is 12.4. The zero-order chi connectivity index (χ0) is 18.1. The minimum atomic E-state index is -0.376. The van der Waals surface area contributed by atoms with Crippen LogP contribution >= 0.6 is 11.8 Å². The van der Waals surface area contributed by atoms with E-state index in [2.05, 4.69) is 20.2 Å². The highest BCUT2D eigenvalue weighted by Gasteiger charge is 2.22. The SMILES string of the molecule is CC(Sc1n[nH]c(-c2ccccc2F)n1)C(=O)c1c[nH]c2ccccc12. The van der Waals surface area contributed by atoms with Gasteiger partial charge in [0.2, 0.25) is 5.16 Å². The van der Waals surface area contributed by atoms with Crippen molar-refractivity contribution in [3.8, 4) is 11.4 Å². The van der Waals surface area contributed by atoms with Crippen molar-refractivity contribution in [3.05, 3.63) is 66.1 Å². The van der Waals surface area contributed by atoms with E-state index in [-0.39, 0.29) is 16.9 Å². The molecule has 1 atom stereocenters. The van der Waals surface area contributed by atoms with Crippen LogP contribution in [0.15, 0.2) is 59.9 Å². The number of rotatable bonds is 5. The van der Waals surface area contributed by atoms with Gasteiger partial charge in [0.25, 0.3) is 0 Å². The van der Waals surface area contributed by atoms with Gasteiger partial charge in [-0.25, -0.2) is 9.37 Å². The summed E-state index contributed by atoms with van der Waals surface area (Å²) >= 11 is 1.24. The van der Waals surface area contributed by atoms with Crippen LogP contribution in [-0.4, -0.2) is 31.2 Å². The summed E-state index contributed by atoms with van der Waals surface area (Å²) in [6.07, 6.45) is 1.73. The Hall–Kier alpha value is -2.93. The lowest BCUT2D eigenvalue weighted by atomic mass is 10.1. The number of para-hydroxylation sites is 1. The molecule has 0 aliphatic heterocycles. The second-order valence-electron chi connectivity index (χ2n) is 5.82. The molecule has 0 bridgehead atoms. The van der Waals surface area contributed by atoms with Crippen LogP contribution in [0.3, 0.4) is 0 Å². The molecule has 1 unspecified atom stereocenters. The van der Waals surface area contributed by atoms with Crippen LogP contribution in [0.4, 0.5) is 4.39 Å². The molecule has 2 N–H and O–H groups in total. The lowest BCUT2D eigenvalue weighted by Crippen LogP contribution is -2.13. The fraction of sp³-hybridized carbons (Fsp3) is 0.105. The van der Waals surface area contributed by atoms with Crippen molar-refractivity contribution >= 4 is 28.4 Å². The van der Waals surface area contributed by atoms with Crippen molar-refractivity contribution < 1.29 is 9.18 Å². The van der Waals surface area contributed by atoms with Crippen molar-refractivity contribution in [2.24, 2.45) is 0 Å². The summed E-state index contributed by atoms with van der Waals surface area (Å²) in [5, 5.41) is 7.76. The van der Waals surface area contributed by atoms with E-state index in [1.807, 2.05) is 31.2 Å². The summed E-state index contributed by atoms with van der Waals surface area (Å²) in [6.45, 7) is 1.81. The van der Waals surface area contributed by atoms with Gasteiger partial charge >= 0.3 is 0 Å². The third kappa shape index (κ3) is 3.01. The summed E-state index contributed by atoms with van der Waals surface area (Å²) in [7, 11) is 0. The first-order chi connectivity index (χ1) is 12.6. The number of Topliss-reactive ketones (excluding diaryl/α,β-unsaturated/α-hetero) is 1. The number of nitrogens with zero attached hydrogens (tertiary/aromatic N) is 2. The van der Waals surface area contributed by atoms with Crippen LogP contribution in [0.2, 0.25) is 0 Å². The van der Waals surface area contributed by atoms with Gasteiger partial charge in [-0.15, -0.1) is 5.10 Å². The van der Waals surface area contributed by atoms with Gasteiger partial charge in [-0.05, 0) is 25.1 Å². The van der Waals surface area contributed by atoms with Gasteiger partial charge in [0.05, 0.1) is 10.8 Å². The third-order valence-corrected chi connectivity index (χ3v) is 5.06. The van der Waals surface area contributed by atoms with Crippen LogP contribution in [-0.2, 0) is 0 Å². The van der Waals surface area contributed by atoms with Gasteiger partial charge < -0.3 is 4.98 Å². The molecule has 0 aliphatic rings. The summed E-state index contributed by atoms with van der Waals surface area (Å²) < 4.78 is 13.9. The Morgan fingerprint density at radius 2 is 1.92 bits per heavy atom. The average Bonchev–Trinajstić information content (AvgIpc) is 3.28. The van der Waals surface area contributed by atoms with Gasteiger partial charge in [0.15, 0.2) is 11.6 Å². The zero-order valence-corrected chi connectivity index (χ0v) is 14.7. The molecule has 26 heavy (non-hydrogen) atoms.